The van der Waals surface area contributed by atoms with Crippen molar-refractivity contribution in [1.29, 1.82) is 0 Å². The van der Waals surface area contributed by atoms with Crippen molar-refractivity contribution >= 4 is 27.2 Å². The predicted molar refractivity (Wildman–Crippen MR) is 102 cm³/mol. The van der Waals surface area contributed by atoms with Gasteiger partial charge in [0.15, 0.2) is 0 Å². The van der Waals surface area contributed by atoms with Crippen LogP contribution in [0.4, 0.5) is 5.69 Å². The number of fused-ring (bicyclic) bond motifs is 1. The van der Waals surface area contributed by atoms with E-state index in [-0.39, 0.29) is 10.6 Å². The Bertz CT molecular complexity index is 931. The molecule has 3 heterocycles. The van der Waals surface area contributed by atoms with E-state index in [0.717, 1.165) is 31.4 Å². The Kier molecular flexibility index (Phi) is 4.46. The topological polar surface area (TPSA) is 77.1 Å². The standard InChI is InChI=1S/C18H21N5O2S/c1-12-17(23(24)25)13(2)22(20-12)11-21-9-5-6-14(10-21)18-19-15-7-3-4-8-16(15)26-18/h3-4,7-8,14H,5-6,9-11H2,1-2H3/t14-/m1/s1. The Morgan fingerprint density at radius 1 is 1.35 bits per heavy atom. The summed E-state index contributed by atoms with van der Waals surface area (Å²) in [5.74, 6) is 0.410. The highest BCUT2D eigenvalue weighted by Gasteiger charge is 2.27. The van der Waals surface area contributed by atoms with Crippen molar-refractivity contribution in [3.8, 4) is 0 Å². The summed E-state index contributed by atoms with van der Waals surface area (Å²) < 4.78 is 2.99. The second-order valence-corrected chi connectivity index (χ2v) is 7.92. The molecule has 1 aromatic carbocycles. The Labute approximate surface area is 155 Å². The molecule has 0 amide bonds. The van der Waals surface area contributed by atoms with E-state index in [0.29, 0.717) is 24.0 Å². The van der Waals surface area contributed by atoms with E-state index < -0.39 is 0 Å². The van der Waals surface area contributed by atoms with Gasteiger partial charge in [-0.05, 0) is 45.4 Å². The molecule has 1 fully saturated rings. The second-order valence-electron chi connectivity index (χ2n) is 6.85. The number of piperidine rings is 1. The predicted octanol–water partition coefficient (Wildman–Crippen LogP) is 3.85. The Morgan fingerprint density at radius 3 is 2.88 bits per heavy atom. The maximum Gasteiger partial charge on any atom is 0.312 e. The number of thiazole rings is 1. The van der Waals surface area contributed by atoms with E-state index in [2.05, 4.69) is 22.1 Å². The third kappa shape index (κ3) is 3.10. The zero-order chi connectivity index (χ0) is 18.3. The minimum Gasteiger partial charge on any atom is -0.284 e. The monoisotopic (exact) mass is 371 g/mol. The summed E-state index contributed by atoms with van der Waals surface area (Å²) in [5.41, 5.74) is 2.30. The summed E-state index contributed by atoms with van der Waals surface area (Å²) in [5, 5.41) is 16.8. The van der Waals surface area contributed by atoms with Crippen molar-refractivity contribution in [2.45, 2.75) is 39.3 Å². The summed E-state index contributed by atoms with van der Waals surface area (Å²) in [4.78, 5) is 18.0. The Hall–Kier alpha value is -2.32. The van der Waals surface area contributed by atoms with Gasteiger partial charge in [-0.3, -0.25) is 15.0 Å². The number of para-hydroxylation sites is 1. The van der Waals surface area contributed by atoms with Gasteiger partial charge in [-0.25, -0.2) is 9.67 Å². The van der Waals surface area contributed by atoms with Gasteiger partial charge in [-0.15, -0.1) is 11.3 Å². The van der Waals surface area contributed by atoms with Gasteiger partial charge >= 0.3 is 5.69 Å². The molecule has 0 N–H and O–H groups in total. The van der Waals surface area contributed by atoms with Crippen molar-refractivity contribution in [2.75, 3.05) is 13.1 Å². The van der Waals surface area contributed by atoms with Gasteiger partial charge in [-0.2, -0.15) is 5.10 Å². The number of nitrogens with zero attached hydrogens (tertiary/aromatic N) is 5. The minimum absolute atomic E-state index is 0.129. The lowest BCUT2D eigenvalue weighted by molar-refractivity contribution is -0.386. The normalized spacial score (nSPS) is 18.5. The van der Waals surface area contributed by atoms with Gasteiger partial charge in [0.05, 0.1) is 26.8 Å². The molecule has 0 aliphatic carbocycles. The Balaban J connectivity index is 1.52. The SMILES string of the molecule is Cc1nn(CN2CCC[C@@H](c3nc4ccccc4s3)C2)c(C)c1[N+](=O)[O-]. The van der Waals surface area contributed by atoms with Crippen LogP contribution < -0.4 is 0 Å². The first-order valence-electron chi connectivity index (χ1n) is 8.79. The highest BCUT2D eigenvalue weighted by atomic mass is 32.1. The number of nitro groups is 1. The summed E-state index contributed by atoms with van der Waals surface area (Å²) in [6.07, 6.45) is 2.23. The number of aromatic nitrogens is 3. The second kappa shape index (κ2) is 6.77. The highest BCUT2D eigenvalue weighted by Crippen LogP contribution is 2.33. The van der Waals surface area contributed by atoms with Crippen molar-refractivity contribution < 1.29 is 4.92 Å². The summed E-state index contributed by atoms with van der Waals surface area (Å²) in [6, 6.07) is 8.25. The van der Waals surface area contributed by atoms with Crippen LogP contribution in [0.1, 0.15) is 35.2 Å². The molecule has 1 aliphatic rings. The first-order valence-corrected chi connectivity index (χ1v) is 9.61. The zero-order valence-corrected chi connectivity index (χ0v) is 15.7. The van der Waals surface area contributed by atoms with E-state index in [1.807, 2.05) is 12.1 Å². The van der Waals surface area contributed by atoms with Crippen LogP contribution in [0.2, 0.25) is 0 Å². The largest absolute Gasteiger partial charge is 0.312 e. The van der Waals surface area contributed by atoms with Crippen LogP contribution in [0, 0.1) is 24.0 Å². The lowest BCUT2D eigenvalue weighted by Gasteiger charge is -2.31. The Morgan fingerprint density at radius 2 is 2.15 bits per heavy atom. The van der Waals surface area contributed by atoms with Gasteiger partial charge < -0.3 is 0 Å². The van der Waals surface area contributed by atoms with Gasteiger partial charge in [0.1, 0.15) is 11.4 Å². The molecule has 0 bridgehead atoms. The van der Waals surface area contributed by atoms with Crippen LogP contribution in [-0.4, -0.2) is 37.7 Å². The molecule has 26 heavy (non-hydrogen) atoms. The molecule has 1 saturated heterocycles. The minimum atomic E-state index is -0.339. The molecule has 4 rings (SSSR count). The fraction of sp³-hybridized carbons (Fsp3) is 0.444. The van der Waals surface area contributed by atoms with E-state index >= 15 is 0 Å². The highest BCUT2D eigenvalue weighted by molar-refractivity contribution is 7.18. The summed E-state index contributed by atoms with van der Waals surface area (Å²) in [7, 11) is 0. The smallest absolute Gasteiger partial charge is 0.284 e. The quantitative estimate of drug-likeness (QED) is 0.514. The summed E-state index contributed by atoms with van der Waals surface area (Å²) in [6.45, 7) is 5.94. The van der Waals surface area contributed by atoms with Crippen LogP contribution in [0.15, 0.2) is 24.3 Å². The van der Waals surface area contributed by atoms with Gasteiger partial charge in [0.2, 0.25) is 0 Å². The number of benzene rings is 1. The van der Waals surface area contributed by atoms with Crippen LogP contribution in [0.25, 0.3) is 10.2 Å². The lowest BCUT2D eigenvalue weighted by Crippen LogP contribution is -2.36. The average molecular weight is 371 g/mol. The molecule has 0 saturated carbocycles. The third-order valence-electron chi connectivity index (χ3n) is 5.03. The molecule has 3 aromatic rings. The fourth-order valence-electron chi connectivity index (χ4n) is 3.73. The summed E-state index contributed by atoms with van der Waals surface area (Å²) >= 11 is 1.78. The molecule has 1 atom stereocenters. The van der Waals surface area contributed by atoms with E-state index in [9.17, 15) is 10.1 Å². The average Bonchev–Trinajstić information content (AvgIpc) is 3.16. The van der Waals surface area contributed by atoms with E-state index in [1.54, 1.807) is 29.9 Å². The molecular formula is C18H21N5O2S. The van der Waals surface area contributed by atoms with E-state index in [4.69, 9.17) is 4.98 Å². The van der Waals surface area contributed by atoms with Gasteiger partial charge in [-0.1, -0.05) is 12.1 Å². The molecule has 136 valence electrons. The lowest BCUT2D eigenvalue weighted by atomic mass is 9.99. The number of rotatable bonds is 4. The van der Waals surface area contributed by atoms with Crippen molar-refractivity contribution in [3.63, 3.8) is 0 Å². The molecule has 8 heteroatoms. The molecule has 2 aromatic heterocycles. The fourth-order valence-corrected chi connectivity index (χ4v) is 4.82. The molecular weight excluding hydrogens is 350 g/mol. The van der Waals surface area contributed by atoms with Crippen molar-refractivity contribution in [2.24, 2.45) is 0 Å². The molecule has 0 spiro atoms. The maximum absolute atomic E-state index is 11.2. The molecule has 1 aliphatic heterocycles. The van der Waals surface area contributed by atoms with Crippen LogP contribution in [-0.2, 0) is 6.67 Å². The van der Waals surface area contributed by atoms with Crippen LogP contribution in [0.5, 0.6) is 0 Å². The number of hydrogen-bond donors (Lipinski definition) is 0. The zero-order valence-electron chi connectivity index (χ0n) is 14.9. The van der Waals surface area contributed by atoms with E-state index in [1.165, 1.54) is 9.71 Å². The van der Waals surface area contributed by atoms with Crippen molar-refractivity contribution in [3.05, 3.63) is 50.8 Å². The molecule has 0 unspecified atom stereocenters. The van der Waals surface area contributed by atoms with Crippen molar-refractivity contribution in [1.82, 2.24) is 19.7 Å². The van der Waals surface area contributed by atoms with Gasteiger partial charge in [0.25, 0.3) is 0 Å². The number of likely N-dealkylation sites (tertiary alicyclic amines) is 1. The maximum atomic E-state index is 11.2. The first-order chi connectivity index (χ1) is 12.5. The van der Waals surface area contributed by atoms with Crippen LogP contribution >= 0.6 is 11.3 Å². The molecule has 0 radical (unpaired) electrons. The van der Waals surface area contributed by atoms with Crippen LogP contribution in [0.3, 0.4) is 0 Å². The molecule has 7 nitrogen and oxygen atoms in total. The number of hydrogen-bond acceptors (Lipinski definition) is 6. The third-order valence-corrected chi connectivity index (χ3v) is 6.22. The van der Waals surface area contributed by atoms with Gasteiger partial charge in [0, 0.05) is 12.5 Å². The first kappa shape index (κ1) is 17.1. The number of aryl methyl sites for hydroxylation is 1.